The lowest BCUT2D eigenvalue weighted by atomic mass is 10.2. The summed E-state index contributed by atoms with van der Waals surface area (Å²) in [5.41, 5.74) is -1.16. The van der Waals surface area contributed by atoms with E-state index >= 15 is 0 Å². The molecule has 0 nitrogen and oxygen atoms in total. The Labute approximate surface area is 70.8 Å². The van der Waals surface area contributed by atoms with Crippen molar-refractivity contribution in [3.05, 3.63) is 34.6 Å². The van der Waals surface area contributed by atoms with Gasteiger partial charge in [-0.25, -0.2) is 4.39 Å². The molecule has 1 aromatic rings. The van der Waals surface area contributed by atoms with E-state index in [1.54, 1.807) is 0 Å². The van der Waals surface area contributed by atoms with Gasteiger partial charge in [0, 0.05) is 6.07 Å². The van der Waals surface area contributed by atoms with Crippen LogP contribution in [0, 0.1) is 11.9 Å². The molecular weight excluding hydrogens is 196 g/mol. The third kappa shape index (κ3) is 1.88. The summed E-state index contributed by atoms with van der Waals surface area (Å²) in [4.78, 5) is 0. The Balaban J connectivity index is 3.14. The first-order valence-corrected chi connectivity index (χ1v) is 3.23. The van der Waals surface area contributed by atoms with Crippen molar-refractivity contribution in [2.24, 2.45) is 0 Å². The van der Waals surface area contributed by atoms with E-state index in [1.165, 1.54) is 6.07 Å². The van der Waals surface area contributed by atoms with E-state index in [0.29, 0.717) is 6.07 Å². The summed E-state index contributed by atoms with van der Waals surface area (Å²) in [5.74, 6) is -1.19. The molecule has 0 heterocycles. The number of rotatable bonds is 0. The zero-order chi connectivity index (χ0) is 9.35. The second-order valence-corrected chi connectivity index (χ2v) is 2.44. The van der Waals surface area contributed by atoms with Crippen LogP contribution >= 0.6 is 11.6 Å². The van der Waals surface area contributed by atoms with Crippen LogP contribution in [0.3, 0.4) is 0 Å². The molecular formula is C7H2ClF4. The van der Waals surface area contributed by atoms with Crippen LogP contribution in [-0.4, -0.2) is 0 Å². The van der Waals surface area contributed by atoms with Crippen molar-refractivity contribution in [2.75, 3.05) is 0 Å². The molecule has 0 aromatic heterocycles. The van der Waals surface area contributed by atoms with E-state index in [2.05, 4.69) is 0 Å². The maximum Gasteiger partial charge on any atom is 0.417 e. The van der Waals surface area contributed by atoms with Gasteiger partial charge in [0.05, 0.1) is 10.6 Å². The molecule has 0 aliphatic carbocycles. The first-order chi connectivity index (χ1) is 5.41. The van der Waals surface area contributed by atoms with E-state index in [-0.39, 0.29) is 5.02 Å². The van der Waals surface area contributed by atoms with Crippen LogP contribution in [-0.2, 0) is 6.18 Å². The number of benzene rings is 1. The highest BCUT2D eigenvalue weighted by molar-refractivity contribution is 6.30. The minimum atomic E-state index is -4.58. The van der Waals surface area contributed by atoms with E-state index in [4.69, 9.17) is 11.6 Å². The average molecular weight is 198 g/mol. The van der Waals surface area contributed by atoms with Gasteiger partial charge < -0.3 is 0 Å². The van der Waals surface area contributed by atoms with Crippen LogP contribution in [0.15, 0.2) is 12.1 Å². The van der Waals surface area contributed by atoms with Crippen LogP contribution in [0.5, 0.6) is 0 Å². The molecule has 0 saturated heterocycles. The first kappa shape index (κ1) is 9.32. The Bertz CT molecular complexity index is 292. The highest BCUT2D eigenvalue weighted by Crippen LogP contribution is 2.30. The third-order valence-corrected chi connectivity index (χ3v) is 1.45. The van der Waals surface area contributed by atoms with Crippen molar-refractivity contribution < 1.29 is 17.6 Å². The van der Waals surface area contributed by atoms with Gasteiger partial charge in [0.2, 0.25) is 0 Å². The summed E-state index contributed by atoms with van der Waals surface area (Å²) in [6.07, 6.45) is -4.58. The largest absolute Gasteiger partial charge is 0.417 e. The lowest BCUT2D eigenvalue weighted by Gasteiger charge is -2.05. The molecule has 12 heavy (non-hydrogen) atoms. The molecule has 0 N–H and O–H groups in total. The lowest BCUT2D eigenvalue weighted by molar-refractivity contribution is -0.138. The average Bonchev–Trinajstić information content (AvgIpc) is 1.92. The predicted molar refractivity (Wildman–Crippen MR) is 35.2 cm³/mol. The highest BCUT2D eigenvalue weighted by Gasteiger charge is 2.31. The van der Waals surface area contributed by atoms with Crippen molar-refractivity contribution in [2.45, 2.75) is 6.18 Å². The van der Waals surface area contributed by atoms with E-state index in [9.17, 15) is 17.6 Å². The highest BCUT2D eigenvalue weighted by atomic mass is 35.5. The molecule has 0 bridgehead atoms. The molecule has 0 amide bonds. The second-order valence-electron chi connectivity index (χ2n) is 2.03. The molecule has 65 valence electrons. The van der Waals surface area contributed by atoms with E-state index in [0.717, 1.165) is 6.07 Å². The summed E-state index contributed by atoms with van der Waals surface area (Å²) in [5, 5.41) is -0.372. The molecule has 1 rings (SSSR count). The zero-order valence-electron chi connectivity index (χ0n) is 5.54. The van der Waals surface area contributed by atoms with E-state index in [1.807, 2.05) is 0 Å². The molecule has 0 spiro atoms. The van der Waals surface area contributed by atoms with Crippen LogP contribution in [0.2, 0.25) is 5.02 Å². The summed E-state index contributed by atoms with van der Waals surface area (Å²) in [6.45, 7) is 0. The van der Waals surface area contributed by atoms with Gasteiger partial charge in [0.25, 0.3) is 0 Å². The third-order valence-electron chi connectivity index (χ3n) is 1.16. The molecule has 0 saturated carbocycles. The van der Waals surface area contributed by atoms with Gasteiger partial charge in [-0.15, -0.1) is 0 Å². The fourth-order valence-corrected chi connectivity index (χ4v) is 0.725. The van der Waals surface area contributed by atoms with Crippen LogP contribution in [0.4, 0.5) is 17.6 Å². The maximum atomic E-state index is 12.4. The minimum Gasteiger partial charge on any atom is -0.205 e. The Morgan fingerprint density at radius 1 is 1.25 bits per heavy atom. The van der Waals surface area contributed by atoms with Gasteiger partial charge in [0.1, 0.15) is 5.82 Å². The Morgan fingerprint density at radius 2 is 1.83 bits per heavy atom. The second kappa shape index (κ2) is 2.94. The zero-order valence-corrected chi connectivity index (χ0v) is 6.30. The number of hydrogen-bond donors (Lipinski definition) is 0. The van der Waals surface area contributed by atoms with Crippen molar-refractivity contribution >= 4 is 11.6 Å². The Kier molecular flexibility index (Phi) is 2.28. The normalized spacial score (nSPS) is 11.8. The summed E-state index contributed by atoms with van der Waals surface area (Å²) in [7, 11) is 0. The molecule has 1 aromatic carbocycles. The summed E-state index contributed by atoms with van der Waals surface area (Å²) < 4.78 is 48.0. The molecule has 0 fully saturated rings. The fraction of sp³-hybridized carbons (Fsp3) is 0.143. The Hall–Kier alpha value is -0.770. The molecule has 0 unspecified atom stereocenters. The van der Waals surface area contributed by atoms with E-state index < -0.39 is 17.6 Å². The van der Waals surface area contributed by atoms with Crippen LogP contribution in [0.1, 0.15) is 5.56 Å². The molecule has 0 aliphatic heterocycles. The number of halogens is 5. The molecule has 5 heteroatoms. The maximum absolute atomic E-state index is 12.4. The number of hydrogen-bond acceptors (Lipinski definition) is 0. The quantitative estimate of drug-likeness (QED) is 0.560. The summed E-state index contributed by atoms with van der Waals surface area (Å²) >= 11 is 5.16. The topological polar surface area (TPSA) is 0 Å². The van der Waals surface area contributed by atoms with Gasteiger partial charge >= 0.3 is 6.18 Å². The lowest BCUT2D eigenvalue weighted by Crippen LogP contribution is -2.05. The number of alkyl halides is 3. The standard InChI is InChI=1S/C7H2ClF4/c8-5-2-1-4(3-6(5)9)7(10,11)12/h1-2H. The van der Waals surface area contributed by atoms with Crippen LogP contribution in [0.25, 0.3) is 0 Å². The van der Waals surface area contributed by atoms with Gasteiger partial charge in [-0.3, -0.25) is 0 Å². The molecule has 0 atom stereocenters. The Morgan fingerprint density at radius 3 is 2.25 bits per heavy atom. The van der Waals surface area contributed by atoms with Crippen molar-refractivity contribution in [1.82, 2.24) is 0 Å². The minimum absolute atomic E-state index is 0.372. The molecule has 1 radical (unpaired) electrons. The molecule has 0 aliphatic rings. The monoisotopic (exact) mass is 197 g/mol. The van der Waals surface area contributed by atoms with Crippen molar-refractivity contribution in [1.29, 1.82) is 0 Å². The predicted octanol–water partition coefficient (Wildman–Crippen LogP) is 3.30. The van der Waals surface area contributed by atoms with Gasteiger partial charge in [-0.2, -0.15) is 13.2 Å². The van der Waals surface area contributed by atoms with Gasteiger partial charge in [-0.1, -0.05) is 11.6 Å². The fourth-order valence-electron chi connectivity index (χ4n) is 0.615. The van der Waals surface area contributed by atoms with Gasteiger partial charge in [0.15, 0.2) is 0 Å². The SMILES string of the molecule is Fc1[c]c(C(F)(F)F)ccc1Cl. The van der Waals surface area contributed by atoms with Crippen molar-refractivity contribution in [3.63, 3.8) is 0 Å². The smallest absolute Gasteiger partial charge is 0.205 e. The van der Waals surface area contributed by atoms with Gasteiger partial charge in [-0.05, 0) is 12.1 Å². The summed E-state index contributed by atoms with van der Waals surface area (Å²) in [6, 6.07) is 3.01. The van der Waals surface area contributed by atoms with Crippen molar-refractivity contribution in [3.8, 4) is 0 Å². The van der Waals surface area contributed by atoms with Crippen LogP contribution < -0.4 is 0 Å². The first-order valence-electron chi connectivity index (χ1n) is 2.86.